The van der Waals surface area contributed by atoms with Crippen LogP contribution in [0.1, 0.15) is 12.5 Å². The summed E-state index contributed by atoms with van der Waals surface area (Å²) in [6.07, 6.45) is 0.855. The van der Waals surface area contributed by atoms with Gasteiger partial charge in [-0.2, -0.15) is 0 Å². The first-order chi connectivity index (χ1) is 5.27. The molecule has 2 heteroatoms. The van der Waals surface area contributed by atoms with Crippen molar-refractivity contribution in [2.75, 3.05) is 12.4 Å². The highest BCUT2D eigenvalue weighted by molar-refractivity contribution is 5.50. The number of nitrogens with one attached hydrogen (secondary N) is 1. The van der Waals surface area contributed by atoms with Gasteiger partial charge < -0.3 is 5.32 Å². The van der Waals surface area contributed by atoms with Crippen LogP contribution >= 0.6 is 0 Å². The zero-order chi connectivity index (χ0) is 8.27. The van der Waals surface area contributed by atoms with Crippen molar-refractivity contribution in [1.82, 2.24) is 0 Å². The van der Waals surface area contributed by atoms with Crippen molar-refractivity contribution in [3.05, 3.63) is 29.6 Å². The van der Waals surface area contributed by atoms with Gasteiger partial charge in [-0.15, -0.1) is 0 Å². The third-order valence-electron chi connectivity index (χ3n) is 1.72. The van der Waals surface area contributed by atoms with Gasteiger partial charge in [-0.05, 0) is 30.2 Å². The van der Waals surface area contributed by atoms with E-state index in [9.17, 15) is 4.39 Å². The molecule has 0 aromatic heterocycles. The summed E-state index contributed by atoms with van der Waals surface area (Å²) in [6, 6.07) is 4.78. The van der Waals surface area contributed by atoms with Crippen LogP contribution in [0.4, 0.5) is 10.1 Å². The normalized spacial score (nSPS) is 9.73. The molecule has 0 unspecified atom stereocenters. The number of aryl methyl sites for hydroxylation is 1. The molecule has 0 bridgehead atoms. The van der Waals surface area contributed by atoms with Gasteiger partial charge in [-0.1, -0.05) is 6.92 Å². The SMILES string of the molecule is CCc1cc(F)ccc1NC. The Bertz CT molecular complexity index is 245. The van der Waals surface area contributed by atoms with Gasteiger partial charge in [0.1, 0.15) is 5.82 Å². The Balaban J connectivity index is 3.06. The number of hydrogen-bond donors (Lipinski definition) is 1. The Morgan fingerprint density at radius 1 is 1.45 bits per heavy atom. The Hall–Kier alpha value is -1.05. The van der Waals surface area contributed by atoms with Crippen LogP contribution in [0.15, 0.2) is 18.2 Å². The Morgan fingerprint density at radius 2 is 2.18 bits per heavy atom. The maximum Gasteiger partial charge on any atom is 0.123 e. The van der Waals surface area contributed by atoms with Gasteiger partial charge in [0.15, 0.2) is 0 Å². The monoisotopic (exact) mass is 153 g/mol. The molecule has 0 fully saturated rings. The second kappa shape index (κ2) is 3.37. The summed E-state index contributed by atoms with van der Waals surface area (Å²) in [7, 11) is 1.84. The fourth-order valence-electron chi connectivity index (χ4n) is 1.10. The van der Waals surface area contributed by atoms with E-state index in [-0.39, 0.29) is 5.82 Å². The largest absolute Gasteiger partial charge is 0.388 e. The van der Waals surface area contributed by atoms with Crippen molar-refractivity contribution in [3.8, 4) is 0 Å². The molecule has 0 radical (unpaired) electrons. The van der Waals surface area contributed by atoms with Crippen molar-refractivity contribution < 1.29 is 4.39 Å². The lowest BCUT2D eigenvalue weighted by Gasteiger charge is -2.05. The van der Waals surface area contributed by atoms with E-state index >= 15 is 0 Å². The van der Waals surface area contributed by atoms with Gasteiger partial charge in [0.05, 0.1) is 0 Å². The van der Waals surface area contributed by atoms with Crippen LogP contribution in [0.3, 0.4) is 0 Å². The minimum absolute atomic E-state index is 0.166. The molecule has 11 heavy (non-hydrogen) atoms. The molecular weight excluding hydrogens is 141 g/mol. The molecular formula is C9H12FN. The Kier molecular flexibility index (Phi) is 2.47. The molecule has 0 aliphatic rings. The van der Waals surface area contributed by atoms with E-state index in [0.29, 0.717) is 0 Å². The number of benzene rings is 1. The number of anilines is 1. The topological polar surface area (TPSA) is 12.0 Å². The van der Waals surface area contributed by atoms with Crippen molar-refractivity contribution in [2.45, 2.75) is 13.3 Å². The minimum atomic E-state index is -0.166. The lowest BCUT2D eigenvalue weighted by molar-refractivity contribution is 0.626. The van der Waals surface area contributed by atoms with Gasteiger partial charge in [0, 0.05) is 12.7 Å². The van der Waals surface area contributed by atoms with Crippen LogP contribution in [0.2, 0.25) is 0 Å². The summed E-state index contributed by atoms with van der Waals surface area (Å²) in [5.41, 5.74) is 2.03. The van der Waals surface area contributed by atoms with Crippen molar-refractivity contribution in [3.63, 3.8) is 0 Å². The lowest BCUT2D eigenvalue weighted by Crippen LogP contribution is -1.94. The van der Waals surface area contributed by atoms with E-state index in [1.54, 1.807) is 12.1 Å². The van der Waals surface area contributed by atoms with Crippen molar-refractivity contribution in [2.24, 2.45) is 0 Å². The molecule has 1 nitrogen and oxygen atoms in total. The van der Waals surface area contributed by atoms with E-state index in [0.717, 1.165) is 17.7 Å². The minimum Gasteiger partial charge on any atom is -0.388 e. The molecule has 0 atom stereocenters. The van der Waals surface area contributed by atoms with E-state index in [4.69, 9.17) is 0 Å². The summed E-state index contributed by atoms with van der Waals surface area (Å²) in [5, 5.41) is 3.01. The predicted octanol–water partition coefficient (Wildman–Crippen LogP) is 2.43. The standard InChI is InChI=1S/C9H12FN/c1-3-7-6-8(10)4-5-9(7)11-2/h4-6,11H,3H2,1-2H3. The van der Waals surface area contributed by atoms with Crippen LogP contribution in [-0.2, 0) is 6.42 Å². The molecule has 0 spiro atoms. The fourth-order valence-corrected chi connectivity index (χ4v) is 1.10. The van der Waals surface area contributed by atoms with E-state index < -0.39 is 0 Å². The molecule has 0 amide bonds. The highest BCUT2D eigenvalue weighted by Crippen LogP contribution is 2.16. The molecule has 1 aromatic rings. The molecule has 60 valence electrons. The van der Waals surface area contributed by atoms with E-state index in [2.05, 4.69) is 5.32 Å². The number of rotatable bonds is 2. The van der Waals surface area contributed by atoms with E-state index in [1.807, 2.05) is 14.0 Å². The lowest BCUT2D eigenvalue weighted by atomic mass is 10.1. The average molecular weight is 153 g/mol. The molecule has 1 aromatic carbocycles. The Labute approximate surface area is 66.2 Å². The van der Waals surface area contributed by atoms with Gasteiger partial charge in [-0.3, -0.25) is 0 Å². The maximum atomic E-state index is 12.6. The molecule has 1 rings (SSSR count). The summed E-state index contributed by atoms with van der Waals surface area (Å²) >= 11 is 0. The molecule has 0 heterocycles. The van der Waals surface area contributed by atoms with E-state index in [1.165, 1.54) is 6.07 Å². The third-order valence-corrected chi connectivity index (χ3v) is 1.72. The summed E-state index contributed by atoms with van der Waals surface area (Å²) < 4.78 is 12.6. The zero-order valence-corrected chi connectivity index (χ0v) is 6.82. The first-order valence-electron chi connectivity index (χ1n) is 3.74. The van der Waals surface area contributed by atoms with Crippen LogP contribution in [0.25, 0.3) is 0 Å². The molecule has 0 saturated heterocycles. The van der Waals surface area contributed by atoms with Crippen LogP contribution in [-0.4, -0.2) is 7.05 Å². The first-order valence-corrected chi connectivity index (χ1v) is 3.74. The predicted molar refractivity (Wildman–Crippen MR) is 45.3 cm³/mol. The third kappa shape index (κ3) is 1.70. The van der Waals surface area contributed by atoms with Crippen molar-refractivity contribution in [1.29, 1.82) is 0 Å². The average Bonchev–Trinajstić information content (AvgIpc) is 2.04. The smallest absolute Gasteiger partial charge is 0.123 e. The quantitative estimate of drug-likeness (QED) is 0.688. The first kappa shape index (κ1) is 8.05. The summed E-state index contributed by atoms with van der Waals surface area (Å²) in [5.74, 6) is -0.166. The molecule has 0 aliphatic heterocycles. The molecule has 1 N–H and O–H groups in total. The number of halogens is 1. The maximum absolute atomic E-state index is 12.6. The van der Waals surface area contributed by atoms with Crippen LogP contribution in [0, 0.1) is 5.82 Å². The zero-order valence-electron chi connectivity index (χ0n) is 6.82. The van der Waals surface area contributed by atoms with Crippen LogP contribution in [0.5, 0.6) is 0 Å². The summed E-state index contributed by atoms with van der Waals surface area (Å²) in [6.45, 7) is 2.01. The fraction of sp³-hybridized carbons (Fsp3) is 0.333. The van der Waals surface area contributed by atoms with Gasteiger partial charge in [-0.25, -0.2) is 4.39 Å². The molecule has 0 aliphatic carbocycles. The van der Waals surface area contributed by atoms with Crippen LogP contribution < -0.4 is 5.32 Å². The van der Waals surface area contributed by atoms with Crippen molar-refractivity contribution >= 4 is 5.69 Å². The highest BCUT2D eigenvalue weighted by Gasteiger charge is 1.98. The van der Waals surface area contributed by atoms with Gasteiger partial charge in [0.25, 0.3) is 0 Å². The number of hydrogen-bond acceptors (Lipinski definition) is 1. The van der Waals surface area contributed by atoms with Gasteiger partial charge >= 0.3 is 0 Å². The second-order valence-electron chi connectivity index (χ2n) is 2.41. The molecule has 0 saturated carbocycles. The van der Waals surface area contributed by atoms with Gasteiger partial charge in [0.2, 0.25) is 0 Å². The summed E-state index contributed by atoms with van der Waals surface area (Å²) in [4.78, 5) is 0. The second-order valence-corrected chi connectivity index (χ2v) is 2.41. The highest BCUT2D eigenvalue weighted by atomic mass is 19.1. The Morgan fingerprint density at radius 3 is 2.73 bits per heavy atom.